The van der Waals surface area contributed by atoms with Gasteiger partial charge in [0, 0.05) is 23.7 Å². The molecule has 0 saturated carbocycles. The average molecular weight is 377 g/mol. The fourth-order valence-electron chi connectivity index (χ4n) is 3.34. The van der Waals surface area contributed by atoms with E-state index in [1.807, 2.05) is 28.7 Å². The average Bonchev–Trinajstić information content (AvgIpc) is 3.06. The minimum absolute atomic E-state index is 0.0523. The summed E-state index contributed by atoms with van der Waals surface area (Å²) in [5, 5.41) is 10.4. The summed E-state index contributed by atoms with van der Waals surface area (Å²) in [6.07, 6.45) is 1.54. The van der Waals surface area contributed by atoms with E-state index < -0.39 is 6.10 Å². The van der Waals surface area contributed by atoms with Gasteiger partial charge in [0.25, 0.3) is 0 Å². The van der Waals surface area contributed by atoms with Crippen LogP contribution in [0.15, 0.2) is 41.0 Å². The number of imidazole rings is 1. The van der Waals surface area contributed by atoms with Crippen LogP contribution in [0.3, 0.4) is 0 Å². The van der Waals surface area contributed by atoms with Crippen molar-refractivity contribution in [2.75, 3.05) is 7.11 Å². The number of aliphatic hydroxyl groups is 1. The Morgan fingerprint density at radius 1 is 1.39 bits per heavy atom. The fourth-order valence-corrected chi connectivity index (χ4v) is 3.66. The number of rotatable bonds is 2. The molecule has 1 aliphatic carbocycles. The van der Waals surface area contributed by atoms with Crippen LogP contribution in [0.25, 0.3) is 5.65 Å². The number of methoxy groups -OCH3 is 1. The van der Waals surface area contributed by atoms with Crippen molar-refractivity contribution in [2.45, 2.75) is 18.4 Å². The number of ether oxygens (including phenoxy) is 1. The summed E-state index contributed by atoms with van der Waals surface area (Å²) >= 11 is 3.22. The molecule has 1 aliphatic rings. The third-order valence-corrected chi connectivity index (χ3v) is 4.93. The highest BCUT2D eigenvalue weighted by molar-refractivity contribution is 9.10. The number of pyridine rings is 1. The van der Waals surface area contributed by atoms with Gasteiger partial charge in [-0.15, -0.1) is 0 Å². The molecule has 0 aliphatic heterocycles. The van der Waals surface area contributed by atoms with Gasteiger partial charge >= 0.3 is 0 Å². The minimum atomic E-state index is -0.665. The van der Waals surface area contributed by atoms with Gasteiger partial charge in [0.2, 0.25) is 0 Å². The Labute approximate surface area is 140 Å². The van der Waals surface area contributed by atoms with Crippen molar-refractivity contribution in [3.05, 3.63) is 63.8 Å². The zero-order valence-corrected chi connectivity index (χ0v) is 13.9. The maximum absolute atomic E-state index is 13.8. The van der Waals surface area contributed by atoms with Gasteiger partial charge in [0.05, 0.1) is 29.1 Å². The van der Waals surface area contributed by atoms with Gasteiger partial charge in [-0.25, -0.2) is 9.37 Å². The molecule has 0 saturated heterocycles. The van der Waals surface area contributed by atoms with Crippen LogP contribution in [0.1, 0.15) is 35.4 Å². The van der Waals surface area contributed by atoms with E-state index in [4.69, 9.17) is 4.74 Å². The van der Waals surface area contributed by atoms with Crippen molar-refractivity contribution >= 4 is 21.6 Å². The van der Waals surface area contributed by atoms with Crippen LogP contribution in [0.5, 0.6) is 5.75 Å². The number of hydrogen-bond donors (Lipinski definition) is 1. The molecule has 118 valence electrons. The number of para-hydroxylation sites is 1. The van der Waals surface area contributed by atoms with E-state index in [1.54, 1.807) is 13.3 Å². The number of aliphatic hydroxyl groups excluding tert-OH is 1. The molecular formula is C17H14BrFN2O2. The van der Waals surface area contributed by atoms with Crippen LogP contribution in [-0.2, 0) is 0 Å². The van der Waals surface area contributed by atoms with Crippen molar-refractivity contribution in [3.8, 4) is 5.75 Å². The van der Waals surface area contributed by atoms with Crippen molar-refractivity contribution in [3.63, 3.8) is 0 Å². The number of halogens is 2. The Kier molecular flexibility index (Phi) is 3.39. The minimum Gasteiger partial charge on any atom is -0.496 e. The smallest absolute Gasteiger partial charge is 0.142 e. The molecule has 23 heavy (non-hydrogen) atoms. The lowest BCUT2D eigenvalue weighted by Gasteiger charge is -2.16. The summed E-state index contributed by atoms with van der Waals surface area (Å²) in [5.74, 6) is 0.349. The predicted octanol–water partition coefficient (Wildman–Crippen LogP) is 3.81. The fraction of sp³-hybridized carbons (Fsp3) is 0.235. The van der Waals surface area contributed by atoms with E-state index in [0.717, 1.165) is 17.0 Å². The molecule has 2 heterocycles. The molecule has 1 N–H and O–H groups in total. The Morgan fingerprint density at radius 3 is 2.96 bits per heavy atom. The van der Waals surface area contributed by atoms with Crippen molar-refractivity contribution in [1.82, 2.24) is 9.38 Å². The number of hydrogen-bond acceptors (Lipinski definition) is 3. The van der Waals surface area contributed by atoms with Crippen LogP contribution < -0.4 is 4.74 Å². The second-order valence-corrected chi connectivity index (χ2v) is 6.48. The third kappa shape index (κ3) is 2.16. The van der Waals surface area contributed by atoms with Crippen molar-refractivity contribution in [1.29, 1.82) is 0 Å². The number of benzene rings is 1. The third-order valence-electron chi connectivity index (χ3n) is 4.35. The first kappa shape index (κ1) is 14.7. The lowest BCUT2D eigenvalue weighted by Crippen LogP contribution is -2.04. The van der Waals surface area contributed by atoms with Crippen molar-refractivity contribution in [2.24, 2.45) is 0 Å². The molecule has 3 aromatic rings. The van der Waals surface area contributed by atoms with E-state index in [-0.39, 0.29) is 11.7 Å². The molecule has 4 rings (SSSR count). The molecule has 1 aromatic carbocycles. The van der Waals surface area contributed by atoms with E-state index in [9.17, 15) is 9.50 Å². The Balaban J connectivity index is 1.96. The van der Waals surface area contributed by atoms with Gasteiger partial charge in [-0.1, -0.05) is 18.2 Å². The monoisotopic (exact) mass is 376 g/mol. The van der Waals surface area contributed by atoms with Crippen LogP contribution in [0, 0.1) is 5.82 Å². The molecule has 2 unspecified atom stereocenters. The Morgan fingerprint density at radius 2 is 2.17 bits per heavy atom. The molecule has 2 aromatic heterocycles. The molecule has 0 radical (unpaired) electrons. The van der Waals surface area contributed by atoms with E-state index >= 15 is 0 Å². The summed E-state index contributed by atoms with van der Waals surface area (Å²) in [4.78, 5) is 4.42. The Hall–Kier alpha value is -1.92. The predicted molar refractivity (Wildman–Crippen MR) is 87.3 cm³/mol. The van der Waals surface area contributed by atoms with E-state index in [2.05, 4.69) is 20.9 Å². The summed E-state index contributed by atoms with van der Waals surface area (Å²) < 4.78 is 21.4. The van der Waals surface area contributed by atoms with Crippen LogP contribution >= 0.6 is 15.9 Å². The maximum Gasteiger partial charge on any atom is 0.142 e. The van der Waals surface area contributed by atoms with Gasteiger partial charge in [-0.2, -0.15) is 0 Å². The van der Waals surface area contributed by atoms with Gasteiger partial charge in [0.15, 0.2) is 0 Å². The van der Waals surface area contributed by atoms with E-state index in [0.29, 0.717) is 22.2 Å². The van der Waals surface area contributed by atoms with Crippen LogP contribution in [-0.4, -0.2) is 21.6 Å². The summed E-state index contributed by atoms with van der Waals surface area (Å²) in [6.45, 7) is 0. The zero-order valence-electron chi connectivity index (χ0n) is 12.3. The van der Waals surface area contributed by atoms with Gasteiger partial charge < -0.3 is 14.2 Å². The van der Waals surface area contributed by atoms with Gasteiger partial charge in [-0.3, -0.25) is 0 Å². The molecular weight excluding hydrogens is 363 g/mol. The van der Waals surface area contributed by atoms with Gasteiger partial charge in [0.1, 0.15) is 17.2 Å². The summed E-state index contributed by atoms with van der Waals surface area (Å²) in [7, 11) is 1.63. The SMILES string of the molecule is COc1ccccc1C1CC(O)c2nc3cc(F)c(Br)cn3c21. The Bertz CT molecular complexity index is 909. The highest BCUT2D eigenvalue weighted by Crippen LogP contribution is 2.46. The topological polar surface area (TPSA) is 46.8 Å². The lowest BCUT2D eigenvalue weighted by molar-refractivity contribution is 0.172. The summed E-state index contributed by atoms with van der Waals surface area (Å²) in [6, 6.07) is 9.12. The quantitative estimate of drug-likeness (QED) is 0.739. The molecule has 6 heteroatoms. The van der Waals surface area contributed by atoms with E-state index in [1.165, 1.54) is 6.07 Å². The maximum atomic E-state index is 13.8. The molecule has 4 nitrogen and oxygen atoms in total. The largest absolute Gasteiger partial charge is 0.496 e. The molecule has 0 amide bonds. The molecule has 0 bridgehead atoms. The zero-order chi connectivity index (χ0) is 16.1. The normalized spacial score (nSPS) is 20.0. The second-order valence-electron chi connectivity index (χ2n) is 5.63. The van der Waals surface area contributed by atoms with Gasteiger partial charge in [-0.05, 0) is 28.4 Å². The number of fused-ring (bicyclic) bond motifs is 3. The first-order chi connectivity index (χ1) is 11.1. The molecule has 0 fully saturated rings. The standard InChI is InChI=1S/C17H14BrFN2O2/c1-23-14-5-3-2-4-9(14)10-6-13(22)16-17(10)21-8-11(18)12(19)7-15(21)20-16/h2-5,7-8,10,13,22H,6H2,1H3. The molecule has 2 atom stereocenters. The number of nitrogens with zero attached hydrogens (tertiary/aromatic N) is 2. The van der Waals surface area contributed by atoms with Crippen LogP contribution in [0.4, 0.5) is 4.39 Å². The highest BCUT2D eigenvalue weighted by Gasteiger charge is 2.37. The lowest BCUT2D eigenvalue weighted by atomic mass is 9.95. The highest BCUT2D eigenvalue weighted by atomic mass is 79.9. The summed E-state index contributed by atoms with van der Waals surface area (Å²) in [5.41, 5.74) is 2.99. The number of aromatic nitrogens is 2. The van der Waals surface area contributed by atoms with Crippen LogP contribution in [0.2, 0.25) is 0 Å². The first-order valence-corrected chi connectivity index (χ1v) is 8.07. The molecule has 0 spiro atoms. The second kappa shape index (κ2) is 5.32. The first-order valence-electron chi connectivity index (χ1n) is 7.28. The van der Waals surface area contributed by atoms with Crippen molar-refractivity contribution < 1.29 is 14.2 Å².